The van der Waals surface area contributed by atoms with E-state index in [1.54, 1.807) is 11.6 Å². The van der Waals surface area contributed by atoms with Gasteiger partial charge in [-0.05, 0) is 46.4 Å². The zero-order valence-corrected chi connectivity index (χ0v) is 22.3. The number of imidazole rings is 1. The van der Waals surface area contributed by atoms with Gasteiger partial charge in [-0.3, -0.25) is 13.9 Å². The summed E-state index contributed by atoms with van der Waals surface area (Å²) in [6.07, 6.45) is 6.42. The highest BCUT2D eigenvalue weighted by Crippen LogP contribution is 2.34. The lowest BCUT2D eigenvalue weighted by Crippen LogP contribution is -2.38. The zero-order valence-electron chi connectivity index (χ0n) is 22.3. The topological polar surface area (TPSA) is 116 Å². The highest BCUT2D eigenvalue weighted by molar-refractivity contribution is 5.80. The van der Waals surface area contributed by atoms with Crippen LogP contribution in [0.15, 0.2) is 58.1 Å². The summed E-state index contributed by atoms with van der Waals surface area (Å²) in [5.41, 5.74) is 4.48. The Morgan fingerprint density at radius 3 is 2.38 bits per heavy atom. The molecule has 3 aromatic heterocycles. The van der Waals surface area contributed by atoms with Gasteiger partial charge in [0.2, 0.25) is 0 Å². The first-order valence-corrected chi connectivity index (χ1v) is 13.7. The fourth-order valence-electron chi connectivity index (χ4n) is 5.82. The van der Waals surface area contributed by atoms with Gasteiger partial charge in [0.15, 0.2) is 17.0 Å². The monoisotopic (exact) mass is 524 g/mol. The largest absolute Gasteiger partial charge is 0.332 e. The standard InChI is InChI=1S/C29H32N8O2/c1-3-17-36-27-24(28(38)35(2)29(36)39)37(26(30-27)21-9-5-4-6-10-21)18-19-13-15-20(16-14-19)22-11-7-8-12-23(22)25-31-33-34-32-25/h7-8,11-16,21H,3-6,9-10,17-18H2,1-2H3,(H,31,32,33,34). The Morgan fingerprint density at radius 2 is 1.69 bits per heavy atom. The van der Waals surface area contributed by atoms with Crippen molar-refractivity contribution in [2.75, 3.05) is 0 Å². The van der Waals surface area contributed by atoms with Crippen LogP contribution in [0, 0.1) is 0 Å². The second-order valence-electron chi connectivity index (χ2n) is 10.4. The molecule has 0 atom stereocenters. The van der Waals surface area contributed by atoms with Gasteiger partial charge in [0, 0.05) is 31.6 Å². The summed E-state index contributed by atoms with van der Waals surface area (Å²) in [4.78, 5) is 31.5. The predicted molar refractivity (Wildman–Crippen MR) is 150 cm³/mol. The molecule has 3 heterocycles. The number of rotatable bonds is 7. The SMILES string of the molecule is CCCn1c(=O)n(C)c(=O)c2c1nc(C1CCCCC1)n2Cc1ccc(-c2ccccc2-c2nnn[nH]2)cc1. The third kappa shape index (κ3) is 4.49. The van der Waals surface area contributed by atoms with Gasteiger partial charge in [0.05, 0.1) is 0 Å². The lowest BCUT2D eigenvalue weighted by atomic mass is 9.88. The van der Waals surface area contributed by atoms with E-state index < -0.39 is 0 Å². The van der Waals surface area contributed by atoms with E-state index in [4.69, 9.17) is 4.98 Å². The van der Waals surface area contributed by atoms with Crippen molar-refractivity contribution in [1.82, 2.24) is 39.3 Å². The van der Waals surface area contributed by atoms with E-state index in [2.05, 4.69) is 49.5 Å². The number of nitrogens with zero attached hydrogens (tertiary/aromatic N) is 7. The Balaban J connectivity index is 1.44. The number of nitrogens with one attached hydrogen (secondary N) is 1. The van der Waals surface area contributed by atoms with Crippen LogP contribution in [0.25, 0.3) is 33.7 Å². The minimum absolute atomic E-state index is 0.280. The van der Waals surface area contributed by atoms with Crippen molar-refractivity contribution in [3.8, 4) is 22.5 Å². The third-order valence-electron chi connectivity index (χ3n) is 7.81. The first-order valence-electron chi connectivity index (χ1n) is 13.7. The van der Waals surface area contributed by atoms with Crippen LogP contribution in [0.3, 0.4) is 0 Å². The number of aryl methyl sites for hydroxylation is 1. The first-order chi connectivity index (χ1) is 19.1. The van der Waals surface area contributed by atoms with Crippen LogP contribution in [0.2, 0.25) is 0 Å². The number of hydrogen-bond donors (Lipinski definition) is 1. The summed E-state index contributed by atoms with van der Waals surface area (Å²) in [6.45, 7) is 3.07. The van der Waals surface area contributed by atoms with Gasteiger partial charge < -0.3 is 4.57 Å². The molecule has 1 N–H and O–H groups in total. The molecule has 0 unspecified atom stereocenters. The van der Waals surface area contributed by atoms with Crippen molar-refractivity contribution >= 4 is 11.2 Å². The maximum absolute atomic E-state index is 13.5. The molecule has 0 aliphatic heterocycles. The van der Waals surface area contributed by atoms with Crippen molar-refractivity contribution in [3.63, 3.8) is 0 Å². The van der Waals surface area contributed by atoms with Gasteiger partial charge in [-0.25, -0.2) is 14.9 Å². The molecule has 10 heteroatoms. The summed E-state index contributed by atoms with van der Waals surface area (Å²) in [7, 11) is 1.56. The zero-order chi connectivity index (χ0) is 26.9. The van der Waals surface area contributed by atoms with Gasteiger partial charge in [-0.1, -0.05) is 74.7 Å². The molecule has 0 amide bonds. The molecule has 0 saturated heterocycles. The highest BCUT2D eigenvalue weighted by Gasteiger charge is 2.26. The molecular formula is C29H32N8O2. The molecule has 1 aliphatic carbocycles. The number of fused-ring (bicyclic) bond motifs is 1. The van der Waals surface area contributed by atoms with Crippen molar-refractivity contribution in [1.29, 1.82) is 0 Å². The van der Waals surface area contributed by atoms with Crippen molar-refractivity contribution in [3.05, 3.63) is 80.8 Å². The molecule has 1 saturated carbocycles. The first kappa shape index (κ1) is 25.0. The molecule has 0 radical (unpaired) electrons. The molecule has 6 rings (SSSR count). The third-order valence-corrected chi connectivity index (χ3v) is 7.81. The van der Waals surface area contributed by atoms with E-state index >= 15 is 0 Å². The second kappa shape index (κ2) is 10.4. The summed E-state index contributed by atoms with van der Waals surface area (Å²) in [5, 5.41) is 14.4. The molecule has 1 aliphatic rings. The molecule has 5 aromatic rings. The second-order valence-corrected chi connectivity index (χ2v) is 10.4. The number of hydrogen-bond acceptors (Lipinski definition) is 6. The van der Waals surface area contributed by atoms with Gasteiger partial charge >= 0.3 is 5.69 Å². The summed E-state index contributed by atoms with van der Waals surface area (Å²) < 4.78 is 4.96. The molecule has 39 heavy (non-hydrogen) atoms. The highest BCUT2D eigenvalue weighted by atomic mass is 16.2. The van der Waals surface area contributed by atoms with Gasteiger partial charge in [-0.2, -0.15) is 0 Å². The van der Waals surface area contributed by atoms with E-state index in [9.17, 15) is 9.59 Å². The van der Waals surface area contributed by atoms with Crippen LogP contribution in [-0.4, -0.2) is 39.3 Å². The summed E-state index contributed by atoms with van der Waals surface area (Å²) in [5.74, 6) is 1.82. The molecule has 0 spiro atoms. The maximum atomic E-state index is 13.5. The molecular weight excluding hydrogens is 492 g/mol. The summed E-state index contributed by atoms with van der Waals surface area (Å²) in [6, 6.07) is 16.4. The van der Waals surface area contributed by atoms with Crippen LogP contribution in [0.4, 0.5) is 0 Å². The van der Waals surface area contributed by atoms with Crippen LogP contribution in [0.5, 0.6) is 0 Å². The van der Waals surface area contributed by atoms with Gasteiger partial charge in [0.1, 0.15) is 5.82 Å². The van der Waals surface area contributed by atoms with E-state index in [0.29, 0.717) is 30.1 Å². The van der Waals surface area contributed by atoms with Gasteiger partial charge in [0.25, 0.3) is 5.56 Å². The Bertz CT molecular complexity index is 1720. The average molecular weight is 525 g/mol. The predicted octanol–water partition coefficient (Wildman–Crippen LogP) is 4.25. The maximum Gasteiger partial charge on any atom is 0.332 e. The Morgan fingerprint density at radius 1 is 0.949 bits per heavy atom. The number of aromatic amines is 1. The lowest BCUT2D eigenvalue weighted by Gasteiger charge is -2.22. The fraction of sp³-hybridized carbons (Fsp3) is 0.379. The van der Waals surface area contributed by atoms with E-state index in [-0.39, 0.29) is 17.2 Å². The molecule has 200 valence electrons. The Labute approximate surface area is 225 Å². The quantitative estimate of drug-likeness (QED) is 0.340. The lowest BCUT2D eigenvalue weighted by molar-refractivity contribution is 0.419. The Kier molecular flexibility index (Phi) is 6.68. The van der Waals surface area contributed by atoms with Crippen LogP contribution in [0.1, 0.15) is 62.8 Å². The van der Waals surface area contributed by atoms with Crippen molar-refractivity contribution in [2.24, 2.45) is 7.05 Å². The Hall–Kier alpha value is -4.34. The van der Waals surface area contributed by atoms with E-state index in [0.717, 1.165) is 60.2 Å². The number of aromatic nitrogens is 8. The minimum Gasteiger partial charge on any atom is -0.317 e. The number of H-pyrrole nitrogens is 1. The van der Waals surface area contributed by atoms with E-state index in [1.165, 1.54) is 11.0 Å². The van der Waals surface area contributed by atoms with Crippen LogP contribution < -0.4 is 11.2 Å². The van der Waals surface area contributed by atoms with Gasteiger partial charge in [-0.15, -0.1) is 5.10 Å². The van der Waals surface area contributed by atoms with Crippen LogP contribution >= 0.6 is 0 Å². The average Bonchev–Trinajstić information content (AvgIpc) is 3.64. The molecule has 10 nitrogen and oxygen atoms in total. The molecule has 2 aromatic carbocycles. The molecule has 1 fully saturated rings. The van der Waals surface area contributed by atoms with Crippen molar-refractivity contribution in [2.45, 2.75) is 64.5 Å². The smallest absolute Gasteiger partial charge is 0.317 e. The summed E-state index contributed by atoms with van der Waals surface area (Å²) >= 11 is 0. The van der Waals surface area contributed by atoms with E-state index in [1.807, 2.05) is 31.2 Å². The fourth-order valence-corrected chi connectivity index (χ4v) is 5.82. The molecule has 0 bridgehead atoms. The number of benzene rings is 2. The minimum atomic E-state index is -0.306. The normalized spacial score (nSPS) is 14.3. The van der Waals surface area contributed by atoms with Crippen LogP contribution in [-0.2, 0) is 20.1 Å². The number of tetrazole rings is 1. The van der Waals surface area contributed by atoms with Crippen molar-refractivity contribution < 1.29 is 0 Å².